The van der Waals surface area contributed by atoms with Gasteiger partial charge in [0.25, 0.3) is 5.91 Å². The molecule has 0 aromatic heterocycles. The van der Waals surface area contributed by atoms with E-state index < -0.39 is 0 Å². The van der Waals surface area contributed by atoms with E-state index in [2.05, 4.69) is 40.2 Å². The quantitative estimate of drug-likeness (QED) is 0.177. The minimum atomic E-state index is -0.0825. The third kappa shape index (κ3) is 6.03. The van der Waals surface area contributed by atoms with Gasteiger partial charge in [-0.1, -0.05) is 58.4 Å². The maximum Gasteiger partial charge on any atom is 0.266 e. The van der Waals surface area contributed by atoms with Gasteiger partial charge in [-0.05, 0) is 90.0 Å². The molecule has 1 fully saturated rings. The van der Waals surface area contributed by atoms with E-state index in [1.54, 1.807) is 12.0 Å². The number of benzene rings is 4. The number of ether oxygens (including phenoxy) is 3. The maximum absolute atomic E-state index is 13.3. The van der Waals surface area contributed by atoms with Crippen molar-refractivity contribution in [2.75, 3.05) is 20.3 Å². The topological polar surface area (TPSA) is 60.4 Å². The van der Waals surface area contributed by atoms with Crippen molar-refractivity contribution in [1.82, 2.24) is 4.90 Å². The van der Waals surface area contributed by atoms with Crippen molar-refractivity contribution in [3.8, 4) is 17.2 Å². The molecule has 0 unspecified atom stereocenters. The number of amides is 1. The number of rotatable bonds is 9. The Morgan fingerprint density at radius 3 is 2.45 bits per heavy atom. The summed E-state index contributed by atoms with van der Waals surface area (Å²) >= 11 is 5.04. The number of thioether (sulfide) groups is 1. The lowest BCUT2D eigenvalue weighted by Crippen LogP contribution is -2.28. The lowest BCUT2D eigenvalue weighted by molar-refractivity contribution is -0.122. The highest BCUT2D eigenvalue weighted by Crippen LogP contribution is 2.39. The van der Waals surface area contributed by atoms with Crippen LogP contribution in [0, 0.1) is 0 Å². The minimum absolute atomic E-state index is 0.0825. The van der Waals surface area contributed by atoms with Gasteiger partial charge in [0.15, 0.2) is 16.7 Å². The summed E-state index contributed by atoms with van der Waals surface area (Å²) in [6, 6.07) is 25.7. The second kappa shape index (κ2) is 12.6. The van der Waals surface area contributed by atoms with Gasteiger partial charge in [0.2, 0.25) is 0 Å². The molecular formula is C32H29BrN2O4S. The van der Waals surface area contributed by atoms with Gasteiger partial charge in [0.1, 0.15) is 12.4 Å². The number of carbonyl (C=O) groups excluding carboxylic acids is 1. The molecular weight excluding hydrogens is 588 g/mol. The molecule has 4 aromatic rings. The van der Waals surface area contributed by atoms with Crippen LogP contribution in [0.5, 0.6) is 17.2 Å². The molecule has 0 aliphatic carbocycles. The summed E-state index contributed by atoms with van der Waals surface area (Å²) in [5.74, 6) is 1.92. The van der Waals surface area contributed by atoms with Gasteiger partial charge >= 0.3 is 0 Å². The zero-order chi connectivity index (χ0) is 28.1. The fourth-order valence-electron chi connectivity index (χ4n) is 4.40. The van der Waals surface area contributed by atoms with Gasteiger partial charge in [0, 0.05) is 11.0 Å². The number of carbonyl (C=O) groups is 1. The fraction of sp³-hybridized carbons (Fsp3) is 0.188. The van der Waals surface area contributed by atoms with Crippen molar-refractivity contribution in [3.05, 3.63) is 99.4 Å². The summed E-state index contributed by atoms with van der Waals surface area (Å²) in [6.45, 7) is 5.28. The molecule has 1 saturated heterocycles. The molecule has 8 heteroatoms. The van der Waals surface area contributed by atoms with Crippen molar-refractivity contribution in [1.29, 1.82) is 0 Å². The smallest absolute Gasteiger partial charge is 0.266 e. The van der Waals surface area contributed by atoms with Crippen LogP contribution in [0.4, 0.5) is 5.69 Å². The Morgan fingerprint density at radius 2 is 1.70 bits per heavy atom. The molecule has 6 nitrogen and oxygen atoms in total. The van der Waals surface area contributed by atoms with Crippen LogP contribution in [0.1, 0.15) is 25.0 Å². The summed E-state index contributed by atoms with van der Waals surface area (Å²) in [4.78, 5) is 20.2. The van der Waals surface area contributed by atoms with Gasteiger partial charge in [0.05, 0.1) is 24.3 Å². The Labute approximate surface area is 246 Å². The van der Waals surface area contributed by atoms with Gasteiger partial charge in [-0.25, -0.2) is 4.99 Å². The monoisotopic (exact) mass is 616 g/mol. The van der Waals surface area contributed by atoms with E-state index in [0.717, 1.165) is 32.4 Å². The van der Waals surface area contributed by atoms with Crippen LogP contribution >= 0.6 is 27.7 Å². The second-order valence-electron chi connectivity index (χ2n) is 8.93. The van der Waals surface area contributed by atoms with Crippen molar-refractivity contribution in [2.45, 2.75) is 20.5 Å². The van der Waals surface area contributed by atoms with Crippen LogP contribution in [-0.2, 0) is 11.4 Å². The highest BCUT2D eigenvalue weighted by atomic mass is 79.9. The zero-order valence-corrected chi connectivity index (χ0v) is 24.9. The van der Waals surface area contributed by atoms with E-state index in [1.807, 2.05) is 74.5 Å². The van der Waals surface area contributed by atoms with E-state index in [9.17, 15) is 4.79 Å². The highest BCUT2D eigenvalue weighted by molar-refractivity contribution is 9.10. The van der Waals surface area contributed by atoms with Crippen LogP contribution in [0.15, 0.2) is 93.2 Å². The SMILES string of the molecule is CCOc1cc(/C=C2/SC(=Nc3ccc(OC)cc3)N(CC)C2=O)c(Br)cc1OCc1cccc2ccccc12. The first kappa shape index (κ1) is 27.8. The number of methoxy groups -OCH3 is 1. The standard InChI is InChI=1S/C32H29BrN2O4S/c1-4-35-31(36)30(40-32(35)34-24-13-15-25(37-3)16-14-24)18-23-17-28(38-5-2)29(19-27(23)33)39-20-22-11-8-10-21-9-6-7-12-26(21)22/h6-19H,4-5,20H2,1-3H3/b30-18+,34-32?. The Morgan fingerprint density at radius 1 is 0.950 bits per heavy atom. The predicted octanol–water partition coefficient (Wildman–Crippen LogP) is 8.21. The van der Waals surface area contributed by atoms with Gasteiger partial charge in [-0.2, -0.15) is 0 Å². The first-order valence-corrected chi connectivity index (χ1v) is 14.6. The third-order valence-corrected chi connectivity index (χ3v) is 8.11. The Balaban J connectivity index is 1.41. The summed E-state index contributed by atoms with van der Waals surface area (Å²) in [5, 5.41) is 2.97. The van der Waals surface area contributed by atoms with Gasteiger partial charge in [-0.15, -0.1) is 0 Å². The Hall–Kier alpha value is -3.75. The van der Waals surface area contributed by atoms with Crippen molar-refractivity contribution in [2.24, 2.45) is 4.99 Å². The molecule has 0 saturated carbocycles. The Bertz CT molecular complexity index is 1600. The molecule has 0 atom stereocenters. The summed E-state index contributed by atoms with van der Waals surface area (Å²) in [5.41, 5.74) is 2.67. The van der Waals surface area contributed by atoms with Crippen LogP contribution < -0.4 is 14.2 Å². The number of hydrogen-bond acceptors (Lipinski definition) is 6. The van der Waals surface area contributed by atoms with Crippen LogP contribution in [0.25, 0.3) is 16.8 Å². The first-order valence-electron chi connectivity index (χ1n) is 13.0. The maximum atomic E-state index is 13.3. The van der Waals surface area contributed by atoms with Crippen LogP contribution in [0.2, 0.25) is 0 Å². The molecule has 1 heterocycles. The van der Waals surface area contributed by atoms with Gasteiger partial charge in [-0.3, -0.25) is 9.69 Å². The molecule has 0 spiro atoms. The predicted molar refractivity (Wildman–Crippen MR) is 167 cm³/mol. The molecule has 0 bridgehead atoms. The number of fused-ring (bicyclic) bond motifs is 1. The van der Waals surface area contributed by atoms with Crippen molar-refractivity contribution < 1.29 is 19.0 Å². The lowest BCUT2D eigenvalue weighted by atomic mass is 10.1. The van der Waals surface area contributed by atoms with E-state index in [-0.39, 0.29) is 5.91 Å². The normalized spacial score (nSPS) is 15.3. The van der Waals surface area contributed by atoms with Crippen molar-refractivity contribution >= 4 is 61.3 Å². The largest absolute Gasteiger partial charge is 0.497 e. The number of nitrogens with zero attached hydrogens (tertiary/aromatic N) is 2. The molecule has 1 amide bonds. The van der Waals surface area contributed by atoms with E-state index >= 15 is 0 Å². The molecule has 1 aliphatic heterocycles. The molecule has 0 radical (unpaired) electrons. The minimum Gasteiger partial charge on any atom is -0.497 e. The molecule has 0 N–H and O–H groups in total. The van der Waals surface area contributed by atoms with Gasteiger partial charge < -0.3 is 14.2 Å². The number of likely N-dealkylation sites (N-methyl/N-ethyl adjacent to an activating group) is 1. The molecule has 1 aliphatic rings. The summed E-state index contributed by atoms with van der Waals surface area (Å²) < 4.78 is 18.2. The second-order valence-corrected chi connectivity index (χ2v) is 10.8. The average molecular weight is 618 g/mol. The number of hydrogen-bond donors (Lipinski definition) is 0. The molecule has 4 aromatic carbocycles. The number of amidine groups is 1. The molecule has 204 valence electrons. The van der Waals surface area contributed by atoms with Crippen LogP contribution in [-0.4, -0.2) is 36.2 Å². The van der Waals surface area contributed by atoms with E-state index in [1.165, 1.54) is 17.1 Å². The molecule has 40 heavy (non-hydrogen) atoms. The zero-order valence-electron chi connectivity index (χ0n) is 22.5. The molecule has 5 rings (SSSR count). The lowest BCUT2D eigenvalue weighted by Gasteiger charge is -2.15. The van der Waals surface area contributed by atoms with E-state index in [4.69, 9.17) is 19.2 Å². The van der Waals surface area contributed by atoms with Crippen molar-refractivity contribution in [3.63, 3.8) is 0 Å². The van der Waals surface area contributed by atoms with Crippen LogP contribution in [0.3, 0.4) is 0 Å². The summed E-state index contributed by atoms with van der Waals surface area (Å²) in [7, 11) is 1.63. The first-order chi connectivity index (χ1) is 19.5. The number of aliphatic imine (C=N–C) groups is 1. The Kier molecular flexibility index (Phi) is 8.77. The number of halogens is 1. The average Bonchev–Trinajstić information content (AvgIpc) is 3.27. The fourth-order valence-corrected chi connectivity index (χ4v) is 5.89. The third-order valence-electron chi connectivity index (χ3n) is 6.41. The highest BCUT2D eigenvalue weighted by Gasteiger charge is 2.32. The summed E-state index contributed by atoms with van der Waals surface area (Å²) in [6.07, 6.45) is 1.87. The van der Waals surface area contributed by atoms with E-state index in [0.29, 0.717) is 41.3 Å².